The maximum Gasteiger partial charge on any atom is 0.225 e. The van der Waals surface area contributed by atoms with Gasteiger partial charge in [-0.1, -0.05) is 0 Å². The van der Waals surface area contributed by atoms with Gasteiger partial charge in [-0.2, -0.15) is 10.4 Å². The van der Waals surface area contributed by atoms with Crippen LogP contribution in [0.2, 0.25) is 0 Å². The fourth-order valence-electron chi connectivity index (χ4n) is 3.55. The molecule has 1 saturated heterocycles. The molecule has 1 aliphatic rings. The van der Waals surface area contributed by atoms with E-state index in [0.717, 1.165) is 40.4 Å². The van der Waals surface area contributed by atoms with Crippen LogP contribution in [0.3, 0.4) is 0 Å². The number of rotatable bonds is 5. The SMILES string of the molecule is COc1cc(C)cc(-c2nn(CC#N)cc2-c2ccnc(N3CCC(O)C3)n2)c1. The Hall–Kier alpha value is -3.44. The molecule has 1 atom stereocenters. The summed E-state index contributed by atoms with van der Waals surface area (Å²) in [6.07, 6.45) is 3.90. The van der Waals surface area contributed by atoms with E-state index in [1.165, 1.54) is 0 Å². The highest BCUT2D eigenvalue weighted by atomic mass is 16.5. The van der Waals surface area contributed by atoms with E-state index in [2.05, 4.69) is 16.2 Å². The van der Waals surface area contributed by atoms with Crippen LogP contribution in [0.5, 0.6) is 5.75 Å². The minimum atomic E-state index is -0.351. The first-order chi connectivity index (χ1) is 14.1. The highest BCUT2D eigenvalue weighted by molar-refractivity contribution is 5.79. The first kappa shape index (κ1) is 18.9. The first-order valence-electron chi connectivity index (χ1n) is 9.44. The molecule has 29 heavy (non-hydrogen) atoms. The second kappa shape index (κ2) is 7.89. The summed E-state index contributed by atoms with van der Waals surface area (Å²) in [6.45, 7) is 3.39. The molecule has 0 spiro atoms. The van der Waals surface area contributed by atoms with Crippen molar-refractivity contribution in [1.82, 2.24) is 19.7 Å². The van der Waals surface area contributed by atoms with Gasteiger partial charge >= 0.3 is 0 Å². The fourth-order valence-corrected chi connectivity index (χ4v) is 3.55. The molecular weight excluding hydrogens is 368 g/mol. The average Bonchev–Trinajstić information content (AvgIpc) is 3.34. The third-order valence-corrected chi connectivity index (χ3v) is 4.92. The van der Waals surface area contributed by atoms with E-state index in [1.807, 2.05) is 42.3 Å². The van der Waals surface area contributed by atoms with Crippen LogP contribution in [0.15, 0.2) is 36.7 Å². The molecule has 0 saturated carbocycles. The summed E-state index contributed by atoms with van der Waals surface area (Å²) < 4.78 is 7.02. The molecule has 0 radical (unpaired) electrons. The van der Waals surface area contributed by atoms with Crippen molar-refractivity contribution in [3.05, 3.63) is 42.2 Å². The number of aliphatic hydroxyl groups excluding tert-OH is 1. The number of hydrogen-bond acceptors (Lipinski definition) is 7. The number of aliphatic hydroxyl groups is 1. The van der Waals surface area contributed by atoms with Gasteiger partial charge in [0.1, 0.15) is 18.0 Å². The lowest BCUT2D eigenvalue weighted by Crippen LogP contribution is -2.23. The van der Waals surface area contributed by atoms with Gasteiger partial charge in [0.05, 0.1) is 25.0 Å². The van der Waals surface area contributed by atoms with E-state index >= 15 is 0 Å². The standard InChI is InChI=1S/C21H22N6O2/c1-14-9-15(11-17(10-14)29-2)20-18(13-27(25-20)8-5-22)19-3-6-23-21(24-19)26-7-4-16(28)12-26/h3,6,9-11,13,16,28H,4,7-8,12H2,1-2H3. The molecule has 1 fully saturated rings. The summed E-state index contributed by atoms with van der Waals surface area (Å²) in [6, 6.07) is 9.88. The van der Waals surface area contributed by atoms with Gasteiger partial charge in [0.2, 0.25) is 5.95 Å². The van der Waals surface area contributed by atoms with Crippen molar-refractivity contribution in [3.8, 4) is 34.3 Å². The van der Waals surface area contributed by atoms with E-state index in [9.17, 15) is 5.11 Å². The Morgan fingerprint density at radius 2 is 2.21 bits per heavy atom. The summed E-state index contributed by atoms with van der Waals surface area (Å²) in [5, 5.41) is 23.6. The molecular formula is C21H22N6O2. The highest BCUT2D eigenvalue weighted by Gasteiger charge is 2.23. The number of hydrogen-bond donors (Lipinski definition) is 1. The molecule has 0 amide bonds. The van der Waals surface area contributed by atoms with Gasteiger partial charge in [-0.15, -0.1) is 0 Å². The van der Waals surface area contributed by atoms with Crippen LogP contribution in [0.25, 0.3) is 22.5 Å². The number of aromatic nitrogens is 4. The molecule has 8 heteroatoms. The van der Waals surface area contributed by atoms with Crippen molar-refractivity contribution in [2.24, 2.45) is 0 Å². The van der Waals surface area contributed by atoms with E-state index in [1.54, 1.807) is 18.0 Å². The molecule has 4 rings (SSSR count). The quantitative estimate of drug-likeness (QED) is 0.714. The number of anilines is 1. The third-order valence-electron chi connectivity index (χ3n) is 4.92. The molecule has 0 aliphatic carbocycles. The first-order valence-corrected chi connectivity index (χ1v) is 9.44. The van der Waals surface area contributed by atoms with Crippen LogP contribution in [-0.2, 0) is 6.54 Å². The predicted molar refractivity (Wildman–Crippen MR) is 108 cm³/mol. The second-order valence-corrected chi connectivity index (χ2v) is 7.12. The van der Waals surface area contributed by atoms with Crippen LogP contribution in [0.1, 0.15) is 12.0 Å². The van der Waals surface area contributed by atoms with Crippen molar-refractivity contribution in [1.29, 1.82) is 5.26 Å². The smallest absolute Gasteiger partial charge is 0.225 e. The normalized spacial score (nSPS) is 16.1. The van der Waals surface area contributed by atoms with Gasteiger partial charge < -0.3 is 14.7 Å². The Morgan fingerprint density at radius 3 is 2.93 bits per heavy atom. The van der Waals surface area contributed by atoms with Crippen LogP contribution >= 0.6 is 0 Å². The Bertz CT molecular complexity index is 1070. The molecule has 0 bridgehead atoms. The minimum absolute atomic E-state index is 0.145. The molecule has 1 aliphatic heterocycles. The van der Waals surface area contributed by atoms with Crippen LogP contribution in [0, 0.1) is 18.3 Å². The van der Waals surface area contributed by atoms with Crippen LogP contribution in [-0.4, -0.2) is 51.2 Å². The summed E-state index contributed by atoms with van der Waals surface area (Å²) in [4.78, 5) is 11.1. The van der Waals surface area contributed by atoms with Crippen molar-refractivity contribution in [2.45, 2.75) is 26.0 Å². The number of aryl methyl sites for hydroxylation is 1. The maximum absolute atomic E-state index is 9.82. The summed E-state index contributed by atoms with van der Waals surface area (Å²) in [5.74, 6) is 1.33. The number of benzene rings is 1. The largest absolute Gasteiger partial charge is 0.497 e. The highest BCUT2D eigenvalue weighted by Crippen LogP contribution is 2.33. The van der Waals surface area contributed by atoms with Gasteiger partial charge in [0.15, 0.2) is 0 Å². The van der Waals surface area contributed by atoms with Crippen LogP contribution in [0.4, 0.5) is 5.95 Å². The molecule has 3 heterocycles. The van der Waals surface area contributed by atoms with E-state index in [4.69, 9.17) is 15.0 Å². The fraction of sp³-hybridized carbons (Fsp3) is 0.333. The molecule has 1 N–H and O–H groups in total. The number of methoxy groups -OCH3 is 1. The van der Waals surface area contributed by atoms with Gasteiger partial charge in [-0.3, -0.25) is 4.68 Å². The lowest BCUT2D eigenvalue weighted by Gasteiger charge is -2.15. The molecule has 2 aromatic heterocycles. The summed E-state index contributed by atoms with van der Waals surface area (Å²) in [5.41, 5.74) is 4.21. The molecule has 1 aromatic carbocycles. The average molecular weight is 390 g/mol. The predicted octanol–water partition coefficient (Wildman–Crippen LogP) is 2.42. The van der Waals surface area contributed by atoms with E-state index in [0.29, 0.717) is 18.9 Å². The minimum Gasteiger partial charge on any atom is -0.497 e. The zero-order valence-electron chi connectivity index (χ0n) is 16.4. The number of ether oxygens (including phenoxy) is 1. The van der Waals surface area contributed by atoms with Crippen molar-refractivity contribution in [3.63, 3.8) is 0 Å². The molecule has 3 aromatic rings. The number of nitrogens with zero attached hydrogens (tertiary/aromatic N) is 6. The lowest BCUT2D eigenvalue weighted by atomic mass is 10.0. The van der Waals surface area contributed by atoms with Crippen molar-refractivity contribution < 1.29 is 9.84 Å². The van der Waals surface area contributed by atoms with Crippen molar-refractivity contribution in [2.75, 3.05) is 25.1 Å². The van der Waals surface area contributed by atoms with Gasteiger partial charge in [-0.25, -0.2) is 9.97 Å². The second-order valence-electron chi connectivity index (χ2n) is 7.12. The Labute approximate surface area is 169 Å². The van der Waals surface area contributed by atoms with Gasteiger partial charge in [-0.05, 0) is 43.2 Å². The third kappa shape index (κ3) is 3.91. The zero-order chi connectivity index (χ0) is 20.4. The number of β-amino-alcohol motifs (C(OH)–C–C–N with tert-alkyl or cyclic N) is 1. The maximum atomic E-state index is 9.82. The van der Waals surface area contributed by atoms with E-state index < -0.39 is 0 Å². The molecule has 148 valence electrons. The number of nitriles is 1. The van der Waals surface area contributed by atoms with Gasteiger partial charge in [0.25, 0.3) is 0 Å². The topological polar surface area (TPSA) is 100 Å². The van der Waals surface area contributed by atoms with E-state index in [-0.39, 0.29) is 12.6 Å². The zero-order valence-corrected chi connectivity index (χ0v) is 16.4. The lowest BCUT2D eigenvalue weighted by molar-refractivity contribution is 0.198. The molecule has 1 unspecified atom stereocenters. The summed E-state index contributed by atoms with van der Waals surface area (Å²) >= 11 is 0. The van der Waals surface area contributed by atoms with Crippen LogP contribution < -0.4 is 9.64 Å². The monoisotopic (exact) mass is 390 g/mol. The Balaban J connectivity index is 1.80. The Morgan fingerprint density at radius 1 is 1.34 bits per heavy atom. The molecule has 8 nitrogen and oxygen atoms in total. The Kier molecular flexibility index (Phi) is 5.14. The van der Waals surface area contributed by atoms with Gasteiger partial charge in [0, 0.05) is 36.6 Å². The summed E-state index contributed by atoms with van der Waals surface area (Å²) in [7, 11) is 1.63. The van der Waals surface area contributed by atoms with Crippen molar-refractivity contribution >= 4 is 5.95 Å².